The molecule has 2 fully saturated rings. The summed E-state index contributed by atoms with van der Waals surface area (Å²) in [4.78, 5) is 0. The molecule has 0 aromatic heterocycles. The summed E-state index contributed by atoms with van der Waals surface area (Å²) < 4.78 is 0. The van der Waals surface area contributed by atoms with Gasteiger partial charge in [0, 0.05) is 0 Å². The summed E-state index contributed by atoms with van der Waals surface area (Å²) in [5, 5.41) is 3.61. The van der Waals surface area contributed by atoms with E-state index in [9.17, 15) is 0 Å². The number of nitrogens with one attached hydrogen (secondary N) is 1. The monoisotopic (exact) mass is 181 g/mol. The van der Waals surface area contributed by atoms with E-state index in [2.05, 4.69) is 5.32 Å². The zero-order chi connectivity index (χ0) is 8.93. The van der Waals surface area contributed by atoms with E-state index >= 15 is 0 Å². The molecular formula is C12H23N. The highest BCUT2D eigenvalue weighted by atomic mass is 14.9. The molecule has 1 unspecified atom stereocenters. The van der Waals surface area contributed by atoms with Crippen molar-refractivity contribution in [3.63, 3.8) is 0 Å². The van der Waals surface area contributed by atoms with Crippen LogP contribution in [0.15, 0.2) is 0 Å². The van der Waals surface area contributed by atoms with Crippen molar-refractivity contribution in [2.45, 2.75) is 51.4 Å². The average Bonchev–Trinajstić information content (AvgIpc) is 2.55. The molecule has 2 aliphatic rings. The summed E-state index contributed by atoms with van der Waals surface area (Å²) in [5.41, 5.74) is 0. The fourth-order valence-electron chi connectivity index (χ4n) is 3.05. The second-order valence-electron chi connectivity index (χ2n) is 4.86. The maximum Gasteiger partial charge on any atom is -0.00179 e. The quantitative estimate of drug-likeness (QED) is 0.656. The predicted octanol–water partition coefficient (Wildman–Crippen LogP) is 2.96. The normalized spacial score (nSPS) is 32.8. The molecule has 0 spiro atoms. The van der Waals surface area contributed by atoms with Gasteiger partial charge in [0.2, 0.25) is 0 Å². The molecule has 0 radical (unpaired) electrons. The fraction of sp³-hybridized carbons (Fsp3) is 1.00. The first-order valence-electron chi connectivity index (χ1n) is 6.17. The first-order chi connectivity index (χ1) is 6.47. The lowest BCUT2D eigenvalue weighted by Crippen LogP contribution is -2.29. The minimum Gasteiger partial charge on any atom is -0.316 e. The van der Waals surface area contributed by atoms with Gasteiger partial charge in [-0.2, -0.15) is 0 Å². The molecule has 13 heavy (non-hydrogen) atoms. The lowest BCUT2D eigenvalue weighted by atomic mass is 9.85. The topological polar surface area (TPSA) is 12.0 Å². The zero-order valence-electron chi connectivity index (χ0n) is 8.73. The summed E-state index contributed by atoms with van der Waals surface area (Å²) in [5.74, 6) is 2.09. The van der Waals surface area contributed by atoms with Crippen molar-refractivity contribution in [1.29, 1.82) is 0 Å². The van der Waals surface area contributed by atoms with Crippen LogP contribution in [0.1, 0.15) is 51.4 Å². The van der Waals surface area contributed by atoms with E-state index in [0.29, 0.717) is 0 Å². The first kappa shape index (κ1) is 9.51. The van der Waals surface area contributed by atoms with E-state index in [1.165, 1.54) is 64.5 Å². The van der Waals surface area contributed by atoms with Gasteiger partial charge in [-0.1, -0.05) is 38.5 Å². The predicted molar refractivity (Wildman–Crippen MR) is 56.8 cm³/mol. The van der Waals surface area contributed by atoms with Crippen LogP contribution in [0.5, 0.6) is 0 Å². The van der Waals surface area contributed by atoms with E-state index in [1.807, 2.05) is 0 Å². The van der Waals surface area contributed by atoms with Crippen LogP contribution in [-0.2, 0) is 0 Å². The lowest BCUT2D eigenvalue weighted by molar-refractivity contribution is 0.283. The molecule has 0 aromatic rings. The smallest absolute Gasteiger partial charge is 0.00179 e. The highest BCUT2D eigenvalue weighted by molar-refractivity contribution is 4.78. The number of rotatable bonds is 1. The van der Waals surface area contributed by atoms with Crippen LogP contribution in [-0.4, -0.2) is 13.1 Å². The van der Waals surface area contributed by atoms with Gasteiger partial charge >= 0.3 is 0 Å². The van der Waals surface area contributed by atoms with Crippen molar-refractivity contribution in [3.05, 3.63) is 0 Å². The van der Waals surface area contributed by atoms with Crippen LogP contribution in [0.3, 0.4) is 0 Å². The van der Waals surface area contributed by atoms with Crippen LogP contribution in [0.2, 0.25) is 0 Å². The second-order valence-corrected chi connectivity index (χ2v) is 4.86. The first-order valence-corrected chi connectivity index (χ1v) is 6.17. The van der Waals surface area contributed by atoms with Crippen LogP contribution in [0, 0.1) is 11.8 Å². The van der Waals surface area contributed by atoms with Crippen molar-refractivity contribution < 1.29 is 0 Å². The molecule has 76 valence electrons. The number of hydrogen-bond acceptors (Lipinski definition) is 1. The molecule has 0 bridgehead atoms. The molecule has 1 aliphatic carbocycles. The molecule has 1 saturated heterocycles. The van der Waals surface area contributed by atoms with Crippen molar-refractivity contribution in [3.8, 4) is 0 Å². The van der Waals surface area contributed by atoms with E-state index < -0.39 is 0 Å². The Hall–Kier alpha value is -0.0400. The Morgan fingerprint density at radius 1 is 0.692 bits per heavy atom. The van der Waals surface area contributed by atoms with Gasteiger partial charge in [-0.05, 0) is 37.8 Å². The van der Waals surface area contributed by atoms with Gasteiger partial charge in [-0.25, -0.2) is 0 Å². The van der Waals surface area contributed by atoms with Crippen LogP contribution < -0.4 is 5.32 Å². The van der Waals surface area contributed by atoms with Gasteiger partial charge in [0.15, 0.2) is 0 Å². The molecule has 0 amide bonds. The minimum atomic E-state index is 1.02. The Morgan fingerprint density at radius 2 is 1.38 bits per heavy atom. The van der Waals surface area contributed by atoms with Crippen LogP contribution in [0.25, 0.3) is 0 Å². The second kappa shape index (κ2) is 4.99. The van der Waals surface area contributed by atoms with Gasteiger partial charge in [-0.15, -0.1) is 0 Å². The maximum absolute atomic E-state index is 3.61. The van der Waals surface area contributed by atoms with Crippen LogP contribution >= 0.6 is 0 Å². The molecule has 1 saturated carbocycles. The fourth-order valence-corrected chi connectivity index (χ4v) is 3.05. The molecule has 1 heterocycles. The Morgan fingerprint density at radius 3 is 2.23 bits per heavy atom. The highest BCUT2D eigenvalue weighted by Gasteiger charge is 2.24. The van der Waals surface area contributed by atoms with Crippen molar-refractivity contribution in [2.75, 3.05) is 13.1 Å². The van der Waals surface area contributed by atoms with Crippen molar-refractivity contribution in [2.24, 2.45) is 11.8 Å². The van der Waals surface area contributed by atoms with Gasteiger partial charge < -0.3 is 5.32 Å². The van der Waals surface area contributed by atoms with E-state index in [1.54, 1.807) is 0 Å². The largest absolute Gasteiger partial charge is 0.316 e. The van der Waals surface area contributed by atoms with Crippen LogP contribution in [0.4, 0.5) is 0 Å². The summed E-state index contributed by atoms with van der Waals surface area (Å²) >= 11 is 0. The minimum absolute atomic E-state index is 1.02. The van der Waals surface area contributed by atoms with Crippen molar-refractivity contribution in [1.82, 2.24) is 5.32 Å². The molecular weight excluding hydrogens is 158 g/mol. The van der Waals surface area contributed by atoms with Gasteiger partial charge in [0.25, 0.3) is 0 Å². The lowest BCUT2D eigenvalue weighted by Gasteiger charge is -2.25. The van der Waals surface area contributed by atoms with Gasteiger partial charge in [-0.3, -0.25) is 0 Å². The molecule has 1 atom stereocenters. The third kappa shape index (κ3) is 2.70. The van der Waals surface area contributed by atoms with Gasteiger partial charge in [0.1, 0.15) is 0 Å². The zero-order valence-corrected chi connectivity index (χ0v) is 8.73. The average molecular weight is 181 g/mol. The highest BCUT2D eigenvalue weighted by Crippen LogP contribution is 2.34. The maximum atomic E-state index is 3.61. The Bertz CT molecular complexity index is 130. The summed E-state index contributed by atoms with van der Waals surface area (Å²) in [7, 11) is 0. The third-order valence-corrected chi connectivity index (χ3v) is 3.90. The van der Waals surface area contributed by atoms with Crippen molar-refractivity contribution >= 4 is 0 Å². The molecule has 0 aromatic carbocycles. The van der Waals surface area contributed by atoms with E-state index in [4.69, 9.17) is 0 Å². The summed E-state index contributed by atoms with van der Waals surface area (Å²) in [6, 6.07) is 0. The Labute approximate surface area is 82.3 Å². The summed E-state index contributed by atoms with van der Waals surface area (Å²) in [6.45, 7) is 2.58. The molecule has 1 nitrogen and oxygen atoms in total. The Balaban J connectivity index is 1.80. The molecule has 2 rings (SSSR count). The molecule has 1 N–H and O–H groups in total. The van der Waals surface area contributed by atoms with Gasteiger partial charge in [0.05, 0.1) is 0 Å². The standard InChI is InChI=1S/C12H23N/c1-2-8-12(10-13-9-5-1)11-6-3-4-7-11/h11-13H,1-10H2. The molecule has 1 aliphatic heterocycles. The third-order valence-electron chi connectivity index (χ3n) is 3.90. The van der Waals surface area contributed by atoms with E-state index in [-0.39, 0.29) is 0 Å². The molecule has 1 heteroatoms. The van der Waals surface area contributed by atoms with E-state index in [0.717, 1.165) is 11.8 Å². The SMILES string of the molecule is C1CCNCC(C2CCCC2)CC1. The Kier molecular flexibility index (Phi) is 3.65. The number of hydrogen-bond donors (Lipinski definition) is 1. The summed E-state index contributed by atoms with van der Waals surface area (Å²) in [6.07, 6.45) is 11.9.